The van der Waals surface area contributed by atoms with Gasteiger partial charge in [-0.05, 0) is 39.0 Å². The number of hydrogen-bond donors (Lipinski definition) is 0. The molecule has 0 saturated heterocycles. The SMILES string of the molecule is CC(C)(C)S(=O)CC(=O)c1ccc(F)c(F)c1. The quantitative estimate of drug-likeness (QED) is 0.783. The van der Waals surface area contributed by atoms with Crippen molar-refractivity contribution < 1.29 is 17.8 Å². The van der Waals surface area contributed by atoms with Gasteiger partial charge in [-0.25, -0.2) is 8.78 Å². The molecule has 2 nitrogen and oxygen atoms in total. The summed E-state index contributed by atoms with van der Waals surface area (Å²) in [6, 6.07) is 2.92. The van der Waals surface area contributed by atoms with E-state index in [4.69, 9.17) is 0 Å². The maximum absolute atomic E-state index is 12.9. The van der Waals surface area contributed by atoms with Crippen molar-refractivity contribution in [3.8, 4) is 0 Å². The van der Waals surface area contributed by atoms with Crippen molar-refractivity contribution in [3.63, 3.8) is 0 Å². The highest BCUT2D eigenvalue weighted by atomic mass is 32.2. The Labute approximate surface area is 101 Å². The molecule has 0 heterocycles. The summed E-state index contributed by atoms with van der Waals surface area (Å²) in [5.74, 6) is -2.71. The zero-order valence-corrected chi connectivity index (χ0v) is 10.7. The summed E-state index contributed by atoms with van der Waals surface area (Å²) >= 11 is 0. The van der Waals surface area contributed by atoms with Crippen LogP contribution in [0, 0.1) is 11.6 Å². The van der Waals surface area contributed by atoms with Gasteiger partial charge >= 0.3 is 0 Å². The third kappa shape index (κ3) is 3.70. The number of Topliss-reactive ketones (excluding diaryl/α,β-unsaturated/α-hetero) is 1. The first-order valence-electron chi connectivity index (χ1n) is 5.08. The first-order chi connectivity index (χ1) is 7.71. The fraction of sp³-hybridized carbons (Fsp3) is 0.417. The Balaban J connectivity index is 2.84. The van der Waals surface area contributed by atoms with Crippen LogP contribution in [0.15, 0.2) is 18.2 Å². The normalized spacial score (nSPS) is 13.5. The zero-order chi connectivity index (χ0) is 13.2. The molecule has 1 atom stereocenters. The van der Waals surface area contributed by atoms with Crippen LogP contribution < -0.4 is 0 Å². The molecule has 0 aliphatic heterocycles. The Morgan fingerprint density at radius 1 is 1.24 bits per heavy atom. The van der Waals surface area contributed by atoms with E-state index in [1.54, 1.807) is 20.8 Å². The largest absolute Gasteiger partial charge is 0.293 e. The number of halogens is 2. The maximum atomic E-state index is 12.9. The van der Waals surface area contributed by atoms with Crippen molar-refractivity contribution in [1.29, 1.82) is 0 Å². The van der Waals surface area contributed by atoms with Gasteiger partial charge in [-0.3, -0.25) is 9.00 Å². The van der Waals surface area contributed by atoms with Gasteiger partial charge in [-0.1, -0.05) is 0 Å². The van der Waals surface area contributed by atoms with Gasteiger partial charge in [0.2, 0.25) is 0 Å². The predicted molar refractivity (Wildman–Crippen MR) is 63.5 cm³/mol. The van der Waals surface area contributed by atoms with Crippen LogP contribution in [0.4, 0.5) is 8.78 Å². The van der Waals surface area contributed by atoms with Crippen molar-refractivity contribution in [3.05, 3.63) is 35.4 Å². The van der Waals surface area contributed by atoms with Crippen LogP contribution in [0.2, 0.25) is 0 Å². The molecular formula is C12H14F2O2S. The summed E-state index contributed by atoms with van der Waals surface area (Å²) < 4.78 is 36.8. The summed E-state index contributed by atoms with van der Waals surface area (Å²) in [5, 5.41) is 0. The Bertz CT molecular complexity index is 464. The molecule has 0 spiro atoms. The lowest BCUT2D eigenvalue weighted by Gasteiger charge is -2.16. The van der Waals surface area contributed by atoms with Crippen molar-refractivity contribution in [1.82, 2.24) is 0 Å². The third-order valence-corrected chi connectivity index (χ3v) is 4.08. The minimum absolute atomic E-state index is 0.0431. The van der Waals surface area contributed by atoms with Crippen molar-refractivity contribution in [2.75, 3.05) is 5.75 Å². The van der Waals surface area contributed by atoms with E-state index in [0.717, 1.165) is 12.1 Å². The summed E-state index contributed by atoms with van der Waals surface area (Å²) in [7, 11) is -1.35. The van der Waals surface area contributed by atoms with E-state index < -0.39 is 33.0 Å². The molecule has 0 fully saturated rings. The second kappa shape index (κ2) is 5.04. The molecule has 1 unspecified atom stereocenters. The van der Waals surface area contributed by atoms with E-state index >= 15 is 0 Å². The van der Waals surface area contributed by atoms with Crippen molar-refractivity contribution >= 4 is 16.6 Å². The Kier molecular flexibility index (Phi) is 4.14. The third-order valence-electron chi connectivity index (χ3n) is 2.19. The molecule has 1 aromatic carbocycles. The molecule has 94 valence electrons. The fourth-order valence-electron chi connectivity index (χ4n) is 1.09. The van der Waals surface area contributed by atoms with Crippen molar-refractivity contribution in [2.45, 2.75) is 25.5 Å². The number of benzene rings is 1. The summed E-state index contributed by atoms with van der Waals surface area (Å²) in [4.78, 5) is 11.7. The monoisotopic (exact) mass is 260 g/mol. The van der Waals surface area contributed by atoms with Crippen LogP contribution in [0.1, 0.15) is 31.1 Å². The highest BCUT2D eigenvalue weighted by molar-refractivity contribution is 7.87. The topological polar surface area (TPSA) is 34.1 Å². The van der Waals surface area contributed by atoms with Gasteiger partial charge in [-0.15, -0.1) is 0 Å². The number of ketones is 1. The molecule has 0 amide bonds. The first kappa shape index (κ1) is 14.0. The Hall–Kier alpha value is -1.10. The summed E-state index contributed by atoms with van der Waals surface area (Å²) in [6.07, 6.45) is 0. The van der Waals surface area contributed by atoms with Crippen LogP contribution in [0.3, 0.4) is 0 Å². The molecule has 0 radical (unpaired) electrons. The number of carbonyl (C=O) groups is 1. The van der Waals surface area contributed by atoms with Gasteiger partial charge in [0.25, 0.3) is 0 Å². The molecule has 0 bridgehead atoms. The Morgan fingerprint density at radius 3 is 2.29 bits per heavy atom. The predicted octanol–water partition coefficient (Wildman–Crippen LogP) is 2.69. The van der Waals surface area contributed by atoms with E-state index in [-0.39, 0.29) is 11.3 Å². The molecule has 0 aliphatic carbocycles. The lowest BCUT2D eigenvalue weighted by molar-refractivity contribution is 0.102. The molecular weight excluding hydrogens is 246 g/mol. The molecule has 5 heteroatoms. The molecule has 1 aromatic rings. The van der Waals surface area contributed by atoms with E-state index in [2.05, 4.69) is 0 Å². The lowest BCUT2D eigenvalue weighted by Crippen LogP contribution is -2.27. The van der Waals surface area contributed by atoms with Gasteiger partial charge in [0, 0.05) is 21.1 Å². The molecule has 0 aromatic heterocycles. The van der Waals surface area contributed by atoms with Crippen molar-refractivity contribution in [2.24, 2.45) is 0 Å². The van der Waals surface area contributed by atoms with E-state index in [9.17, 15) is 17.8 Å². The van der Waals surface area contributed by atoms with E-state index in [1.807, 2.05) is 0 Å². The average molecular weight is 260 g/mol. The highest BCUT2D eigenvalue weighted by Crippen LogP contribution is 2.14. The van der Waals surface area contributed by atoms with Crippen LogP contribution in [-0.4, -0.2) is 20.5 Å². The average Bonchev–Trinajstić information content (AvgIpc) is 2.20. The zero-order valence-electron chi connectivity index (χ0n) is 9.92. The van der Waals surface area contributed by atoms with Gasteiger partial charge < -0.3 is 0 Å². The van der Waals surface area contributed by atoms with Gasteiger partial charge in [0.1, 0.15) is 0 Å². The molecule has 0 N–H and O–H groups in total. The minimum atomic E-state index is -1.35. The minimum Gasteiger partial charge on any atom is -0.293 e. The van der Waals surface area contributed by atoms with Gasteiger partial charge in [0.05, 0.1) is 5.75 Å². The second-order valence-corrected chi connectivity index (χ2v) is 6.86. The number of carbonyl (C=O) groups excluding carboxylic acids is 1. The highest BCUT2D eigenvalue weighted by Gasteiger charge is 2.23. The lowest BCUT2D eigenvalue weighted by atomic mass is 10.1. The van der Waals surface area contributed by atoms with Crippen LogP contribution >= 0.6 is 0 Å². The van der Waals surface area contributed by atoms with E-state index in [0.29, 0.717) is 0 Å². The maximum Gasteiger partial charge on any atom is 0.175 e. The molecule has 0 aliphatic rings. The van der Waals surface area contributed by atoms with Gasteiger partial charge in [0.15, 0.2) is 17.4 Å². The molecule has 1 rings (SSSR count). The standard InChI is InChI=1S/C12H14F2O2S/c1-12(2,3)17(16)7-11(15)8-4-5-9(13)10(14)6-8/h4-6H,7H2,1-3H3. The summed E-state index contributed by atoms with van der Waals surface area (Å²) in [5.41, 5.74) is 0.0431. The number of hydrogen-bond acceptors (Lipinski definition) is 2. The Morgan fingerprint density at radius 2 is 1.82 bits per heavy atom. The first-order valence-corrected chi connectivity index (χ1v) is 6.40. The number of rotatable bonds is 3. The molecule has 0 saturated carbocycles. The van der Waals surface area contributed by atoms with Crippen LogP contribution in [0.5, 0.6) is 0 Å². The fourth-order valence-corrected chi connectivity index (χ4v) is 1.93. The van der Waals surface area contributed by atoms with Crippen LogP contribution in [-0.2, 0) is 10.8 Å². The summed E-state index contributed by atoms with van der Waals surface area (Å²) in [6.45, 7) is 5.25. The van der Waals surface area contributed by atoms with Gasteiger partial charge in [-0.2, -0.15) is 0 Å². The van der Waals surface area contributed by atoms with Crippen LogP contribution in [0.25, 0.3) is 0 Å². The molecule has 17 heavy (non-hydrogen) atoms. The second-order valence-electron chi connectivity index (χ2n) is 4.65. The smallest absolute Gasteiger partial charge is 0.175 e. The van der Waals surface area contributed by atoms with E-state index in [1.165, 1.54) is 6.07 Å².